The van der Waals surface area contributed by atoms with Gasteiger partial charge in [-0.1, -0.05) is 36.2 Å². The minimum Gasteiger partial charge on any atom is -0.313 e. The van der Waals surface area contributed by atoms with Crippen LogP contribution in [0.2, 0.25) is 5.02 Å². The summed E-state index contributed by atoms with van der Waals surface area (Å²) >= 11 is 9.38. The average molecular weight is 289 g/mol. The van der Waals surface area contributed by atoms with Crippen LogP contribution in [0.5, 0.6) is 0 Å². The first kappa shape index (κ1) is 12.8. The van der Waals surface area contributed by atoms with Crippen molar-refractivity contribution in [2.24, 2.45) is 0 Å². The van der Waals surface area contributed by atoms with E-state index in [1.807, 2.05) is 18.2 Å². The summed E-state index contributed by atoms with van der Waals surface area (Å²) < 4.78 is 0.936. The average Bonchev–Trinajstić information content (AvgIpc) is 2.20. The zero-order valence-electron chi connectivity index (χ0n) is 8.98. The molecule has 1 aromatic carbocycles. The van der Waals surface area contributed by atoms with Crippen LogP contribution in [0, 0.1) is 0 Å². The molecule has 1 nitrogen and oxygen atoms in total. The zero-order valence-corrected chi connectivity index (χ0v) is 11.3. The summed E-state index contributed by atoms with van der Waals surface area (Å²) in [7, 11) is 0. The molecule has 15 heavy (non-hydrogen) atoms. The van der Waals surface area contributed by atoms with E-state index in [4.69, 9.17) is 11.6 Å². The maximum absolute atomic E-state index is 6.01. The van der Waals surface area contributed by atoms with Crippen LogP contribution >= 0.6 is 27.5 Å². The van der Waals surface area contributed by atoms with Gasteiger partial charge in [0.05, 0.1) is 5.02 Å². The molecule has 0 spiro atoms. The molecular weight excluding hydrogens is 273 g/mol. The maximum Gasteiger partial charge on any atom is 0.0554 e. The van der Waals surface area contributed by atoms with Gasteiger partial charge < -0.3 is 5.32 Å². The smallest absolute Gasteiger partial charge is 0.0554 e. The third-order valence-corrected chi connectivity index (χ3v) is 3.24. The lowest BCUT2D eigenvalue weighted by molar-refractivity contribution is 0.778. The van der Waals surface area contributed by atoms with Gasteiger partial charge in [0.1, 0.15) is 0 Å². The minimum atomic E-state index is 0.750. The molecule has 0 saturated carbocycles. The van der Waals surface area contributed by atoms with Crippen LogP contribution in [0.3, 0.4) is 0 Å². The molecule has 3 heteroatoms. The van der Waals surface area contributed by atoms with Crippen LogP contribution in [0.15, 0.2) is 28.2 Å². The number of hydrogen-bond acceptors (Lipinski definition) is 1. The lowest BCUT2D eigenvalue weighted by Gasteiger charge is -2.03. The monoisotopic (exact) mass is 287 g/mol. The van der Waals surface area contributed by atoms with E-state index in [0.717, 1.165) is 28.1 Å². The highest BCUT2D eigenvalue weighted by Gasteiger charge is 1.97. The first-order chi connectivity index (χ1) is 7.13. The van der Waals surface area contributed by atoms with Crippen molar-refractivity contribution in [1.29, 1.82) is 0 Å². The van der Waals surface area contributed by atoms with Crippen LogP contribution in [-0.2, 0) is 0 Å². The third-order valence-electron chi connectivity index (χ3n) is 2.01. The summed E-state index contributed by atoms with van der Waals surface area (Å²) in [6, 6.07) is 5.97. The fourth-order valence-electron chi connectivity index (χ4n) is 1.26. The normalized spacial score (nSPS) is 11.9. The van der Waals surface area contributed by atoms with E-state index in [-0.39, 0.29) is 0 Å². The van der Waals surface area contributed by atoms with Crippen molar-refractivity contribution in [3.8, 4) is 0 Å². The van der Waals surface area contributed by atoms with Gasteiger partial charge in [0.2, 0.25) is 0 Å². The van der Waals surface area contributed by atoms with E-state index < -0.39 is 0 Å². The predicted molar refractivity (Wildman–Crippen MR) is 71.3 cm³/mol. The molecule has 1 N–H and O–H groups in total. The summed E-state index contributed by atoms with van der Waals surface area (Å²) in [5, 5.41) is 4.03. The Balaban J connectivity index is 2.75. The number of nitrogens with one attached hydrogen (secondary N) is 1. The summed E-state index contributed by atoms with van der Waals surface area (Å²) in [6.45, 7) is 6.12. The second-order valence-corrected chi connectivity index (χ2v) is 4.71. The molecule has 1 rings (SSSR count). The number of benzene rings is 1. The Bertz CT molecular complexity index is 361. The molecule has 0 aromatic heterocycles. The van der Waals surface area contributed by atoms with Gasteiger partial charge in [0, 0.05) is 11.0 Å². The van der Waals surface area contributed by atoms with Gasteiger partial charge in [-0.05, 0) is 47.1 Å². The molecule has 82 valence electrons. The Kier molecular flexibility index (Phi) is 5.37. The van der Waals surface area contributed by atoms with Crippen molar-refractivity contribution in [2.75, 3.05) is 13.1 Å². The van der Waals surface area contributed by atoms with Crippen LogP contribution in [0.4, 0.5) is 0 Å². The highest BCUT2D eigenvalue weighted by molar-refractivity contribution is 9.10. The van der Waals surface area contributed by atoms with Gasteiger partial charge >= 0.3 is 0 Å². The van der Waals surface area contributed by atoms with Gasteiger partial charge in [0.25, 0.3) is 0 Å². The highest BCUT2D eigenvalue weighted by atomic mass is 79.9. The van der Waals surface area contributed by atoms with Crippen molar-refractivity contribution < 1.29 is 0 Å². The van der Waals surface area contributed by atoms with Gasteiger partial charge in [0.15, 0.2) is 0 Å². The van der Waals surface area contributed by atoms with Crippen LogP contribution in [-0.4, -0.2) is 13.1 Å². The van der Waals surface area contributed by atoms with Gasteiger partial charge in [-0.3, -0.25) is 0 Å². The molecule has 0 aliphatic carbocycles. The first-order valence-electron chi connectivity index (χ1n) is 4.96. The van der Waals surface area contributed by atoms with Crippen molar-refractivity contribution in [2.45, 2.75) is 13.8 Å². The summed E-state index contributed by atoms with van der Waals surface area (Å²) in [4.78, 5) is 0. The van der Waals surface area contributed by atoms with Gasteiger partial charge in [-0.2, -0.15) is 0 Å². The molecule has 0 fully saturated rings. The molecule has 0 amide bonds. The SMILES string of the molecule is CCNC/C(C)=C/c1ccc(Br)c(Cl)c1. The first-order valence-corrected chi connectivity index (χ1v) is 6.13. The minimum absolute atomic E-state index is 0.750. The van der Waals surface area contributed by atoms with E-state index in [2.05, 4.69) is 41.2 Å². The van der Waals surface area contributed by atoms with Gasteiger partial charge in [-0.15, -0.1) is 0 Å². The highest BCUT2D eigenvalue weighted by Crippen LogP contribution is 2.24. The van der Waals surface area contributed by atoms with Gasteiger partial charge in [-0.25, -0.2) is 0 Å². The molecule has 0 atom stereocenters. The number of halogens is 2. The molecule has 0 aliphatic rings. The number of hydrogen-bond donors (Lipinski definition) is 1. The molecule has 0 heterocycles. The lowest BCUT2D eigenvalue weighted by Crippen LogP contribution is -2.14. The molecule has 1 aromatic rings. The number of rotatable bonds is 4. The van der Waals surface area contributed by atoms with Crippen molar-refractivity contribution in [3.63, 3.8) is 0 Å². The Hall–Kier alpha value is -0.310. The Morgan fingerprint density at radius 2 is 2.27 bits per heavy atom. The summed E-state index contributed by atoms with van der Waals surface area (Å²) in [5.74, 6) is 0. The standard InChI is InChI=1S/C12H15BrClN/c1-3-15-8-9(2)6-10-4-5-11(13)12(14)7-10/h4-7,15H,3,8H2,1-2H3/b9-6+. The Labute approximate surface area is 105 Å². The molecule has 0 bridgehead atoms. The zero-order chi connectivity index (χ0) is 11.3. The van der Waals surface area contributed by atoms with E-state index in [0.29, 0.717) is 0 Å². The summed E-state index contributed by atoms with van der Waals surface area (Å²) in [6.07, 6.45) is 2.14. The van der Waals surface area contributed by atoms with Crippen LogP contribution < -0.4 is 5.32 Å². The van der Waals surface area contributed by atoms with E-state index >= 15 is 0 Å². The van der Waals surface area contributed by atoms with Crippen molar-refractivity contribution >= 4 is 33.6 Å². The topological polar surface area (TPSA) is 12.0 Å². The van der Waals surface area contributed by atoms with Crippen LogP contribution in [0.1, 0.15) is 19.4 Å². The molecule has 0 aliphatic heterocycles. The van der Waals surface area contributed by atoms with Crippen LogP contribution in [0.25, 0.3) is 6.08 Å². The molecule has 0 saturated heterocycles. The molecule has 0 radical (unpaired) electrons. The second kappa shape index (κ2) is 6.31. The quantitative estimate of drug-likeness (QED) is 0.879. The van der Waals surface area contributed by atoms with Crippen molar-refractivity contribution in [3.05, 3.63) is 38.8 Å². The Morgan fingerprint density at radius 3 is 2.87 bits per heavy atom. The van der Waals surface area contributed by atoms with E-state index in [1.54, 1.807) is 0 Å². The largest absolute Gasteiger partial charge is 0.313 e. The van der Waals surface area contributed by atoms with E-state index in [1.165, 1.54) is 5.57 Å². The van der Waals surface area contributed by atoms with E-state index in [9.17, 15) is 0 Å². The third kappa shape index (κ3) is 4.37. The molecule has 0 unspecified atom stereocenters. The fourth-order valence-corrected chi connectivity index (χ4v) is 1.70. The number of likely N-dealkylation sites (N-methyl/N-ethyl adjacent to an activating group) is 1. The lowest BCUT2D eigenvalue weighted by atomic mass is 10.1. The fraction of sp³-hybridized carbons (Fsp3) is 0.333. The Morgan fingerprint density at radius 1 is 1.53 bits per heavy atom. The summed E-state index contributed by atoms with van der Waals surface area (Å²) in [5.41, 5.74) is 2.44. The maximum atomic E-state index is 6.01. The second-order valence-electron chi connectivity index (χ2n) is 3.44. The van der Waals surface area contributed by atoms with Crippen molar-refractivity contribution in [1.82, 2.24) is 5.32 Å². The molecular formula is C12H15BrClN. The predicted octanol–water partition coefficient (Wildman–Crippen LogP) is 4.12.